The lowest BCUT2D eigenvalue weighted by Gasteiger charge is -2.11. The van der Waals surface area contributed by atoms with E-state index in [0.717, 1.165) is 35.0 Å². The van der Waals surface area contributed by atoms with Crippen molar-refractivity contribution >= 4 is 27.5 Å². The first-order chi connectivity index (χ1) is 10.6. The number of fused-ring (bicyclic) bond motifs is 3. The number of methoxy groups -OCH3 is 1. The quantitative estimate of drug-likeness (QED) is 0.860. The normalized spacial score (nSPS) is 13.7. The highest BCUT2D eigenvalue weighted by Gasteiger charge is 2.23. The largest absolute Gasteiger partial charge is 0.384 e. The second kappa shape index (κ2) is 6.18. The van der Waals surface area contributed by atoms with Crippen LogP contribution in [0.5, 0.6) is 0 Å². The molecule has 0 radical (unpaired) electrons. The summed E-state index contributed by atoms with van der Waals surface area (Å²) < 4.78 is 6.69. The van der Waals surface area contributed by atoms with Crippen molar-refractivity contribution in [3.8, 4) is 0 Å². The monoisotopic (exact) mass is 321 g/mol. The van der Waals surface area contributed by atoms with Crippen molar-refractivity contribution in [3.63, 3.8) is 0 Å². The zero-order chi connectivity index (χ0) is 15.7. The number of thiophene rings is 1. The van der Waals surface area contributed by atoms with E-state index in [1.807, 2.05) is 0 Å². The molecule has 1 aliphatic carbocycles. The molecular weight excluding hydrogens is 302 g/mol. The smallest absolute Gasteiger partial charge is 0.262 e. The predicted molar refractivity (Wildman–Crippen MR) is 85.3 cm³/mol. The van der Waals surface area contributed by atoms with Crippen LogP contribution in [0.3, 0.4) is 0 Å². The lowest BCUT2D eigenvalue weighted by atomic mass is 10.2. The van der Waals surface area contributed by atoms with E-state index < -0.39 is 5.91 Å². The second-order valence-electron chi connectivity index (χ2n) is 5.48. The third-order valence-electron chi connectivity index (χ3n) is 4.02. The van der Waals surface area contributed by atoms with Gasteiger partial charge in [-0.15, -0.1) is 11.3 Å². The maximum absolute atomic E-state index is 12.9. The van der Waals surface area contributed by atoms with E-state index in [1.165, 1.54) is 4.88 Å². The summed E-state index contributed by atoms with van der Waals surface area (Å²) in [5, 5.41) is 0.739. The molecule has 2 aromatic rings. The molecule has 2 aromatic heterocycles. The Morgan fingerprint density at radius 2 is 2.27 bits per heavy atom. The highest BCUT2D eigenvalue weighted by Crippen LogP contribution is 2.34. The number of rotatable bonds is 6. The van der Waals surface area contributed by atoms with E-state index in [-0.39, 0.29) is 18.5 Å². The molecule has 0 atom stereocenters. The number of aryl methyl sites for hydroxylation is 2. The minimum atomic E-state index is -0.416. The summed E-state index contributed by atoms with van der Waals surface area (Å²) in [7, 11) is 1.62. The number of amides is 1. The molecule has 0 spiro atoms. The summed E-state index contributed by atoms with van der Waals surface area (Å²) in [5.41, 5.74) is 6.34. The fourth-order valence-corrected chi connectivity index (χ4v) is 4.23. The Labute approximate surface area is 131 Å². The van der Waals surface area contributed by atoms with Crippen molar-refractivity contribution in [1.82, 2.24) is 9.55 Å². The summed E-state index contributed by atoms with van der Waals surface area (Å²) in [5.74, 6) is 0.251. The van der Waals surface area contributed by atoms with Crippen molar-refractivity contribution in [2.45, 2.75) is 38.6 Å². The van der Waals surface area contributed by atoms with E-state index in [9.17, 15) is 9.59 Å². The SMILES string of the molecule is COCCc1nc2sc3c(c2c(=O)n1CCC(N)=O)CCC3. The van der Waals surface area contributed by atoms with Gasteiger partial charge in [-0.1, -0.05) is 0 Å². The van der Waals surface area contributed by atoms with Gasteiger partial charge in [0.05, 0.1) is 12.0 Å². The standard InChI is InChI=1S/C15H19N3O3S/c1-21-8-6-12-17-14-13(9-3-2-4-10(9)22-14)15(20)18(12)7-5-11(16)19/h2-8H2,1H3,(H2,16,19). The van der Waals surface area contributed by atoms with Gasteiger partial charge in [0.1, 0.15) is 10.7 Å². The lowest BCUT2D eigenvalue weighted by Crippen LogP contribution is -2.28. The van der Waals surface area contributed by atoms with Crippen molar-refractivity contribution in [2.75, 3.05) is 13.7 Å². The Morgan fingerprint density at radius 1 is 1.45 bits per heavy atom. The van der Waals surface area contributed by atoms with Crippen molar-refractivity contribution in [1.29, 1.82) is 0 Å². The Hall–Kier alpha value is -1.73. The fourth-order valence-electron chi connectivity index (χ4n) is 2.96. The van der Waals surface area contributed by atoms with E-state index in [1.54, 1.807) is 23.0 Å². The van der Waals surface area contributed by atoms with Gasteiger partial charge >= 0.3 is 0 Å². The van der Waals surface area contributed by atoms with Crippen LogP contribution in [0.25, 0.3) is 10.2 Å². The Morgan fingerprint density at radius 3 is 3.00 bits per heavy atom. The van der Waals surface area contributed by atoms with E-state index in [4.69, 9.17) is 10.5 Å². The molecule has 1 amide bonds. The minimum Gasteiger partial charge on any atom is -0.384 e. The number of aromatic nitrogens is 2. The Kier molecular flexibility index (Phi) is 4.26. The Bertz CT molecular complexity index is 778. The Balaban J connectivity index is 2.12. The van der Waals surface area contributed by atoms with Crippen LogP contribution in [0, 0.1) is 0 Å². The van der Waals surface area contributed by atoms with Crippen molar-refractivity contribution < 1.29 is 9.53 Å². The number of hydrogen-bond acceptors (Lipinski definition) is 5. The average molecular weight is 321 g/mol. The zero-order valence-electron chi connectivity index (χ0n) is 12.6. The molecule has 0 fully saturated rings. The predicted octanol–water partition coefficient (Wildman–Crippen LogP) is 1.01. The third kappa shape index (κ3) is 2.66. The maximum Gasteiger partial charge on any atom is 0.262 e. The molecule has 1 aliphatic rings. The summed E-state index contributed by atoms with van der Waals surface area (Å²) in [6.07, 6.45) is 3.76. The van der Waals surface area contributed by atoms with Crippen molar-refractivity contribution in [3.05, 3.63) is 26.6 Å². The van der Waals surface area contributed by atoms with Gasteiger partial charge in [0.25, 0.3) is 5.56 Å². The van der Waals surface area contributed by atoms with Gasteiger partial charge in [0, 0.05) is 31.4 Å². The van der Waals surface area contributed by atoms with Crippen LogP contribution in [-0.2, 0) is 35.3 Å². The number of primary amides is 1. The number of nitrogens with zero attached hydrogens (tertiary/aromatic N) is 2. The molecule has 6 nitrogen and oxygen atoms in total. The molecule has 3 rings (SSSR count). The zero-order valence-corrected chi connectivity index (χ0v) is 13.4. The first-order valence-corrected chi connectivity index (χ1v) is 8.24. The topological polar surface area (TPSA) is 87.2 Å². The third-order valence-corrected chi connectivity index (χ3v) is 5.20. The molecule has 0 aliphatic heterocycles. The summed E-state index contributed by atoms with van der Waals surface area (Å²) in [4.78, 5) is 30.7. The molecule has 7 heteroatoms. The van der Waals surface area contributed by atoms with Gasteiger partial charge < -0.3 is 10.5 Å². The number of hydrogen-bond donors (Lipinski definition) is 1. The van der Waals surface area contributed by atoms with Crippen LogP contribution in [-0.4, -0.2) is 29.2 Å². The number of carbonyl (C=O) groups excluding carboxylic acids is 1. The first-order valence-electron chi connectivity index (χ1n) is 7.43. The molecule has 0 bridgehead atoms. The number of carbonyl (C=O) groups is 1. The molecule has 0 aromatic carbocycles. The van der Waals surface area contributed by atoms with E-state index in [0.29, 0.717) is 18.9 Å². The van der Waals surface area contributed by atoms with Crippen LogP contribution in [0.4, 0.5) is 0 Å². The molecule has 2 N–H and O–H groups in total. The highest BCUT2D eigenvalue weighted by molar-refractivity contribution is 7.18. The van der Waals surface area contributed by atoms with Gasteiger partial charge in [0.2, 0.25) is 5.91 Å². The van der Waals surface area contributed by atoms with Gasteiger partial charge in [-0.3, -0.25) is 14.2 Å². The van der Waals surface area contributed by atoms with Gasteiger partial charge in [-0.2, -0.15) is 0 Å². The average Bonchev–Trinajstić information content (AvgIpc) is 3.04. The molecule has 2 heterocycles. The number of ether oxygens (including phenoxy) is 1. The van der Waals surface area contributed by atoms with Gasteiger partial charge in [-0.25, -0.2) is 4.98 Å². The van der Waals surface area contributed by atoms with Gasteiger partial charge in [-0.05, 0) is 24.8 Å². The maximum atomic E-state index is 12.9. The van der Waals surface area contributed by atoms with Crippen LogP contribution in [0.2, 0.25) is 0 Å². The van der Waals surface area contributed by atoms with Crippen LogP contribution in [0.1, 0.15) is 29.1 Å². The van der Waals surface area contributed by atoms with E-state index >= 15 is 0 Å². The summed E-state index contributed by atoms with van der Waals surface area (Å²) >= 11 is 1.62. The highest BCUT2D eigenvalue weighted by atomic mass is 32.1. The second-order valence-corrected chi connectivity index (χ2v) is 6.57. The van der Waals surface area contributed by atoms with Crippen LogP contribution < -0.4 is 11.3 Å². The molecule has 118 valence electrons. The van der Waals surface area contributed by atoms with Crippen LogP contribution in [0.15, 0.2) is 4.79 Å². The summed E-state index contributed by atoms with van der Waals surface area (Å²) in [6.45, 7) is 0.764. The summed E-state index contributed by atoms with van der Waals surface area (Å²) in [6, 6.07) is 0. The molecular formula is C15H19N3O3S. The fraction of sp³-hybridized carbons (Fsp3) is 0.533. The first kappa shape index (κ1) is 15.2. The number of nitrogens with two attached hydrogens (primary N) is 1. The molecule has 0 unspecified atom stereocenters. The van der Waals surface area contributed by atoms with Crippen molar-refractivity contribution in [2.24, 2.45) is 5.73 Å². The van der Waals surface area contributed by atoms with E-state index in [2.05, 4.69) is 4.98 Å². The molecule has 22 heavy (non-hydrogen) atoms. The molecule has 0 saturated heterocycles. The van der Waals surface area contributed by atoms with Gasteiger partial charge in [0.15, 0.2) is 0 Å². The lowest BCUT2D eigenvalue weighted by molar-refractivity contribution is -0.118. The van der Waals surface area contributed by atoms with Crippen LogP contribution >= 0.6 is 11.3 Å². The molecule has 0 saturated carbocycles. The minimum absolute atomic E-state index is 0.0447.